The molecule has 1 unspecified atom stereocenters. The second kappa shape index (κ2) is 5.33. The Bertz CT molecular complexity index is 653. The molecule has 0 aromatic carbocycles. The molecule has 2 heterocycles. The van der Waals surface area contributed by atoms with Gasteiger partial charge in [-0.1, -0.05) is 5.10 Å². The highest BCUT2D eigenvalue weighted by molar-refractivity contribution is 6.44. The van der Waals surface area contributed by atoms with Gasteiger partial charge in [-0.25, -0.2) is 9.59 Å². The maximum atomic E-state index is 12.0. The van der Waals surface area contributed by atoms with Gasteiger partial charge in [0, 0.05) is 12.3 Å². The topological polar surface area (TPSA) is 104 Å². The van der Waals surface area contributed by atoms with Crippen LogP contribution in [0, 0.1) is 0 Å². The lowest BCUT2D eigenvalue weighted by Gasteiger charge is -2.23. The van der Waals surface area contributed by atoms with E-state index < -0.39 is 11.9 Å². The van der Waals surface area contributed by atoms with Crippen LogP contribution in [0.25, 0.3) is 0 Å². The second-order valence-corrected chi connectivity index (χ2v) is 4.36. The molecule has 0 saturated heterocycles. The average molecular weight is 291 g/mol. The molecule has 1 aliphatic heterocycles. The molecule has 1 aromatic heterocycles. The molecule has 8 nitrogen and oxygen atoms in total. The summed E-state index contributed by atoms with van der Waals surface area (Å²) in [5.74, 6) is -1.40. The Morgan fingerprint density at radius 3 is 2.43 bits per heavy atom. The van der Waals surface area contributed by atoms with Crippen molar-refractivity contribution < 1.29 is 19.1 Å². The van der Waals surface area contributed by atoms with Crippen molar-refractivity contribution in [2.75, 3.05) is 21.3 Å². The molecular formula is C13H15N4O4+. The molecule has 1 aliphatic rings. The first-order valence-electron chi connectivity index (χ1n) is 6.00. The Kier molecular flexibility index (Phi) is 3.72. The van der Waals surface area contributed by atoms with Crippen molar-refractivity contribution >= 4 is 23.3 Å². The number of quaternary nitrogens is 1. The van der Waals surface area contributed by atoms with E-state index in [1.165, 1.54) is 20.4 Å². The number of methoxy groups -OCH3 is 2. The van der Waals surface area contributed by atoms with E-state index in [2.05, 4.69) is 14.8 Å². The summed E-state index contributed by atoms with van der Waals surface area (Å²) in [5, 5.41) is 4.23. The molecule has 1 atom stereocenters. The largest absolute Gasteiger partial charge is 0.464 e. The maximum Gasteiger partial charge on any atom is 0.397 e. The second-order valence-electron chi connectivity index (χ2n) is 4.36. The molecule has 21 heavy (non-hydrogen) atoms. The SMILES string of the molecule is COC(=O)C1=N[N+](C)(c2cccnc2)C(C(=O)OC)=C1N. The van der Waals surface area contributed by atoms with Crippen molar-refractivity contribution in [2.24, 2.45) is 10.8 Å². The number of hydrogen-bond acceptors (Lipinski definition) is 7. The van der Waals surface area contributed by atoms with Gasteiger partial charge < -0.3 is 15.2 Å². The van der Waals surface area contributed by atoms with Gasteiger partial charge in [0.05, 0.1) is 20.4 Å². The van der Waals surface area contributed by atoms with Crippen LogP contribution < -0.4 is 10.3 Å². The fourth-order valence-electron chi connectivity index (χ4n) is 2.08. The zero-order chi connectivity index (χ0) is 15.6. The summed E-state index contributed by atoms with van der Waals surface area (Å²) >= 11 is 0. The number of nitrogens with two attached hydrogens (primary N) is 1. The first-order valence-corrected chi connectivity index (χ1v) is 6.00. The number of rotatable bonds is 3. The molecule has 0 bridgehead atoms. The van der Waals surface area contributed by atoms with E-state index in [4.69, 9.17) is 10.5 Å². The van der Waals surface area contributed by atoms with Gasteiger partial charge in [-0.05, 0) is 6.07 Å². The van der Waals surface area contributed by atoms with Gasteiger partial charge in [0.25, 0.3) is 5.70 Å². The minimum Gasteiger partial charge on any atom is -0.464 e. The standard InChI is InChI=1S/C13H14N4O4/c1-17(8-5-4-6-15-7-8)11(13(19)21-3)9(14)10(16-17)12(18)20-2/h4-7H,1-3H3,(H-,14,19)/p+1. The predicted octanol–water partition coefficient (Wildman–Crippen LogP) is -0.0954. The van der Waals surface area contributed by atoms with Crippen molar-refractivity contribution in [3.63, 3.8) is 0 Å². The van der Waals surface area contributed by atoms with Crippen LogP contribution in [0.1, 0.15) is 0 Å². The third-order valence-corrected chi connectivity index (χ3v) is 3.15. The molecule has 0 spiro atoms. The quantitative estimate of drug-likeness (QED) is 0.616. The van der Waals surface area contributed by atoms with Crippen LogP contribution in [0.15, 0.2) is 41.0 Å². The smallest absolute Gasteiger partial charge is 0.397 e. The van der Waals surface area contributed by atoms with E-state index in [0.29, 0.717) is 5.69 Å². The summed E-state index contributed by atoms with van der Waals surface area (Å²) in [6, 6.07) is 3.41. The minimum atomic E-state index is -0.723. The lowest BCUT2D eigenvalue weighted by atomic mass is 10.2. The third kappa shape index (κ3) is 2.25. The van der Waals surface area contributed by atoms with Crippen LogP contribution in [0.2, 0.25) is 0 Å². The lowest BCUT2D eigenvalue weighted by Crippen LogP contribution is -2.40. The minimum absolute atomic E-state index is 0.0332. The van der Waals surface area contributed by atoms with Crippen LogP contribution in [0.4, 0.5) is 5.69 Å². The highest BCUT2D eigenvalue weighted by Crippen LogP contribution is 2.33. The summed E-state index contributed by atoms with van der Waals surface area (Å²) in [4.78, 5) is 27.8. The Morgan fingerprint density at radius 2 is 1.90 bits per heavy atom. The van der Waals surface area contributed by atoms with E-state index in [-0.39, 0.29) is 21.7 Å². The van der Waals surface area contributed by atoms with E-state index in [9.17, 15) is 9.59 Å². The summed E-state index contributed by atoms with van der Waals surface area (Å²) in [6.45, 7) is 0. The van der Waals surface area contributed by atoms with E-state index >= 15 is 0 Å². The number of likely N-dealkylation sites (N-methyl/N-ethyl adjacent to an activating group) is 1. The predicted molar refractivity (Wildman–Crippen MR) is 74.6 cm³/mol. The molecule has 2 N–H and O–H groups in total. The Labute approximate surface area is 121 Å². The van der Waals surface area contributed by atoms with Crippen LogP contribution in [0.5, 0.6) is 0 Å². The van der Waals surface area contributed by atoms with E-state index in [0.717, 1.165) is 0 Å². The number of ether oxygens (including phenoxy) is 2. The highest BCUT2D eigenvalue weighted by atomic mass is 16.5. The molecule has 0 fully saturated rings. The van der Waals surface area contributed by atoms with Gasteiger partial charge in [0.15, 0.2) is 5.69 Å². The van der Waals surface area contributed by atoms with Crippen LogP contribution in [-0.4, -0.2) is 43.9 Å². The number of carbonyl (C=O) groups excluding carboxylic acids is 2. The van der Waals surface area contributed by atoms with Crippen molar-refractivity contribution in [2.45, 2.75) is 0 Å². The Balaban J connectivity index is 2.66. The number of hydrogen-bond donors (Lipinski definition) is 1. The molecule has 110 valence electrons. The summed E-state index contributed by atoms with van der Waals surface area (Å²) in [5.41, 5.74) is 6.30. The van der Waals surface area contributed by atoms with Gasteiger partial charge >= 0.3 is 11.9 Å². The van der Waals surface area contributed by atoms with Crippen molar-refractivity contribution in [1.82, 2.24) is 9.58 Å². The summed E-state index contributed by atoms with van der Waals surface area (Å²) < 4.78 is 9.01. The van der Waals surface area contributed by atoms with E-state index in [1.807, 2.05) is 0 Å². The molecule has 2 rings (SSSR count). The van der Waals surface area contributed by atoms with Crippen LogP contribution >= 0.6 is 0 Å². The summed E-state index contributed by atoms with van der Waals surface area (Å²) in [7, 11) is 4.04. The Morgan fingerprint density at radius 1 is 1.24 bits per heavy atom. The van der Waals surface area contributed by atoms with Gasteiger partial charge in [-0.3, -0.25) is 4.98 Å². The number of pyridine rings is 1. The molecule has 0 saturated carbocycles. The van der Waals surface area contributed by atoms with Crippen molar-refractivity contribution in [1.29, 1.82) is 0 Å². The lowest BCUT2D eigenvalue weighted by molar-refractivity contribution is -0.137. The zero-order valence-electron chi connectivity index (χ0n) is 11.9. The van der Waals surface area contributed by atoms with Crippen molar-refractivity contribution in [3.05, 3.63) is 35.9 Å². The number of aromatic nitrogens is 1. The van der Waals surface area contributed by atoms with Crippen molar-refractivity contribution in [3.8, 4) is 0 Å². The van der Waals surface area contributed by atoms with Gasteiger partial charge in [0.2, 0.25) is 5.71 Å². The number of carbonyl (C=O) groups is 2. The van der Waals surface area contributed by atoms with Crippen LogP contribution in [0.3, 0.4) is 0 Å². The molecule has 0 aliphatic carbocycles. The molecular weight excluding hydrogens is 276 g/mol. The number of esters is 2. The van der Waals surface area contributed by atoms with Gasteiger partial charge in [0.1, 0.15) is 12.7 Å². The maximum absolute atomic E-state index is 12.0. The van der Waals surface area contributed by atoms with Gasteiger partial charge in [-0.2, -0.15) is 0 Å². The highest BCUT2D eigenvalue weighted by Gasteiger charge is 2.48. The number of nitrogens with zero attached hydrogens (tertiary/aromatic N) is 3. The third-order valence-electron chi connectivity index (χ3n) is 3.15. The van der Waals surface area contributed by atoms with Gasteiger partial charge in [-0.15, -0.1) is 4.59 Å². The molecule has 8 heteroatoms. The first-order chi connectivity index (χ1) is 9.95. The summed E-state index contributed by atoms with van der Waals surface area (Å²) in [6.07, 6.45) is 3.11. The fourth-order valence-corrected chi connectivity index (χ4v) is 2.08. The van der Waals surface area contributed by atoms with E-state index in [1.54, 1.807) is 25.4 Å². The molecule has 0 radical (unpaired) electrons. The Hall–Kier alpha value is -2.74. The monoisotopic (exact) mass is 291 g/mol. The molecule has 1 aromatic rings. The molecule has 0 amide bonds. The average Bonchev–Trinajstić information content (AvgIpc) is 2.79. The first kappa shape index (κ1) is 14.7. The fraction of sp³-hybridized carbons (Fsp3) is 0.231. The van der Waals surface area contributed by atoms with Crippen LogP contribution in [-0.2, 0) is 19.1 Å². The zero-order valence-corrected chi connectivity index (χ0v) is 11.9. The normalized spacial score (nSPS) is 21.0.